The lowest BCUT2D eigenvalue weighted by Crippen LogP contribution is -2.00. The van der Waals surface area contributed by atoms with Gasteiger partial charge in [0, 0.05) is 12.0 Å². The molecule has 0 spiro atoms. The summed E-state index contributed by atoms with van der Waals surface area (Å²) >= 11 is 1.67. The van der Waals surface area contributed by atoms with Gasteiger partial charge in [0.05, 0.1) is 0 Å². The van der Waals surface area contributed by atoms with Crippen molar-refractivity contribution in [3.05, 3.63) is 0 Å². The van der Waals surface area contributed by atoms with Crippen LogP contribution in [0.2, 0.25) is 0 Å². The maximum atomic E-state index is 4.05. The number of rotatable bonds is 0. The van der Waals surface area contributed by atoms with Gasteiger partial charge in [0.1, 0.15) is 0 Å². The van der Waals surface area contributed by atoms with Gasteiger partial charge in [-0.3, -0.25) is 0 Å². The molecule has 0 aromatic carbocycles. The van der Waals surface area contributed by atoms with E-state index in [9.17, 15) is 0 Å². The minimum absolute atomic E-state index is 0.723. The monoisotopic (exact) mass is 115 g/mol. The first-order valence-electron chi connectivity index (χ1n) is 2.55. The Morgan fingerprint density at radius 2 is 2.71 bits per heavy atom. The second-order valence-electron chi connectivity index (χ2n) is 1.85. The predicted molar refractivity (Wildman–Crippen MR) is 34.7 cm³/mol. The van der Waals surface area contributed by atoms with Gasteiger partial charge in [-0.15, -0.1) is 0 Å². The Morgan fingerprint density at radius 1 is 1.86 bits per heavy atom. The SMILES string of the molecule is CC1C=NSCC1. The molecule has 7 heavy (non-hydrogen) atoms. The van der Waals surface area contributed by atoms with E-state index in [0.717, 1.165) is 5.92 Å². The molecule has 1 atom stereocenters. The Balaban J connectivity index is 2.36. The van der Waals surface area contributed by atoms with Crippen molar-refractivity contribution < 1.29 is 0 Å². The molecule has 0 aliphatic carbocycles. The van der Waals surface area contributed by atoms with Gasteiger partial charge >= 0.3 is 0 Å². The van der Waals surface area contributed by atoms with Crippen molar-refractivity contribution in [1.82, 2.24) is 0 Å². The summed E-state index contributed by atoms with van der Waals surface area (Å²) in [6, 6.07) is 0. The van der Waals surface area contributed by atoms with Gasteiger partial charge < -0.3 is 0 Å². The van der Waals surface area contributed by atoms with Crippen LogP contribution in [-0.4, -0.2) is 12.0 Å². The van der Waals surface area contributed by atoms with Crippen LogP contribution in [0.15, 0.2) is 4.40 Å². The number of hydrogen-bond donors (Lipinski definition) is 0. The van der Waals surface area contributed by atoms with E-state index in [1.165, 1.54) is 12.2 Å². The average Bonchev–Trinajstić information content (AvgIpc) is 1.69. The van der Waals surface area contributed by atoms with Crippen LogP contribution < -0.4 is 0 Å². The molecular formula is C5H9NS. The molecule has 1 nitrogen and oxygen atoms in total. The molecule has 0 aromatic rings. The highest BCUT2D eigenvalue weighted by Gasteiger charge is 2.01. The Hall–Kier alpha value is 0.0200. The van der Waals surface area contributed by atoms with Crippen LogP contribution in [0.1, 0.15) is 13.3 Å². The Bertz CT molecular complexity index is 80.1. The summed E-state index contributed by atoms with van der Waals surface area (Å²) in [7, 11) is 0. The first-order chi connectivity index (χ1) is 3.39. The molecule has 1 heterocycles. The van der Waals surface area contributed by atoms with Crippen molar-refractivity contribution in [2.24, 2.45) is 10.3 Å². The molecule has 0 saturated carbocycles. The molecule has 2 heteroatoms. The third kappa shape index (κ3) is 1.51. The quantitative estimate of drug-likeness (QED) is 0.438. The molecule has 0 saturated heterocycles. The number of nitrogens with zero attached hydrogens (tertiary/aromatic N) is 1. The highest BCUT2D eigenvalue weighted by atomic mass is 32.2. The van der Waals surface area contributed by atoms with Crippen LogP contribution >= 0.6 is 11.9 Å². The summed E-state index contributed by atoms with van der Waals surface area (Å²) in [4.78, 5) is 0. The molecule has 1 rings (SSSR count). The third-order valence-corrected chi connectivity index (χ3v) is 1.74. The average molecular weight is 115 g/mol. The first-order valence-corrected chi connectivity index (χ1v) is 3.49. The van der Waals surface area contributed by atoms with Crippen LogP contribution in [0.4, 0.5) is 0 Å². The van der Waals surface area contributed by atoms with Gasteiger partial charge in [-0.05, 0) is 24.3 Å². The summed E-state index contributed by atoms with van der Waals surface area (Å²) in [5.74, 6) is 1.93. The zero-order chi connectivity index (χ0) is 5.11. The molecule has 0 radical (unpaired) electrons. The largest absolute Gasteiger partial charge is 0.229 e. The maximum absolute atomic E-state index is 4.05. The lowest BCUT2D eigenvalue weighted by molar-refractivity contribution is 0.758. The van der Waals surface area contributed by atoms with E-state index in [1.54, 1.807) is 11.9 Å². The zero-order valence-electron chi connectivity index (χ0n) is 4.42. The van der Waals surface area contributed by atoms with Gasteiger partial charge in [0.25, 0.3) is 0 Å². The second kappa shape index (κ2) is 2.36. The van der Waals surface area contributed by atoms with Crippen LogP contribution in [-0.2, 0) is 0 Å². The summed E-state index contributed by atoms with van der Waals surface area (Å²) in [5.41, 5.74) is 0. The van der Waals surface area contributed by atoms with Gasteiger partial charge in [-0.2, -0.15) is 0 Å². The normalized spacial score (nSPS) is 30.7. The van der Waals surface area contributed by atoms with E-state index in [2.05, 4.69) is 11.3 Å². The molecule has 0 fully saturated rings. The van der Waals surface area contributed by atoms with Crippen molar-refractivity contribution in [3.8, 4) is 0 Å². The minimum Gasteiger partial charge on any atom is -0.229 e. The Morgan fingerprint density at radius 3 is 3.00 bits per heavy atom. The Kier molecular flexibility index (Phi) is 1.74. The van der Waals surface area contributed by atoms with Crippen LogP contribution in [0.25, 0.3) is 0 Å². The molecule has 0 aromatic heterocycles. The zero-order valence-corrected chi connectivity index (χ0v) is 5.24. The maximum Gasteiger partial charge on any atom is 0.0159 e. The van der Waals surface area contributed by atoms with Crippen molar-refractivity contribution >= 4 is 18.2 Å². The van der Waals surface area contributed by atoms with Gasteiger partial charge in [0.15, 0.2) is 0 Å². The molecule has 0 bridgehead atoms. The predicted octanol–water partition coefficient (Wildman–Crippen LogP) is 1.75. The highest BCUT2D eigenvalue weighted by molar-refractivity contribution is 7.98. The summed E-state index contributed by atoms with van der Waals surface area (Å²) in [5, 5.41) is 0. The molecule has 0 amide bonds. The highest BCUT2D eigenvalue weighted by Crippen LogP contribution is 2.14. The molecular weight excluding hydrogens is 106 g/mol. The van der Waals surface area contributed by atoms with Crippen molar-refractivity contribution in [1.29, 1.82) is 0 Å². The Labute approximate surface area is 48.3 Å². The van der Waals surface area contributed by atoms with Gasteiger partial charge in [-0.25, -0.2) is 4.40 Å². The molecule has 1 aliphatic rings. The fourth-order valence-electron chi connectivity index (χ4n) is 0.513. The van der Waals surface area contributed by atoms with Crippen LogP contribution in [0.5, 0.6) is 0 Å². The van der Waals surface area contributed by atoms with E-state index in [0.29, 0.717) is 0 Å². The van der Waals surface area contributed by atoms with Gasteiger partial charge in [0.2, 0.25) is 0 Å². The molecule has 0 N–H and O–H groups in total. The van der Waals surface area contributed by atoms with Crippen molar-refractivity contribution in [3.63, 3.8) is 0 Å². The fourth-order valence-corrected chi connectivity index (χ4v) is 1.39. The fraction of sp³-hybridized carbons (Fsp3) is 0.800. The third-order valence-electron chi connectivity index (χ3n) is 1.05. The second-order valence-corrected chi connectivity index (χ2v) is 2.73. The summed E-state index contributed by atoms with van der Waals surface area (Å²) in [6.45, 7) is 2.20. The lowest BCUT2D eigenvalue weighted by Gasteiger charge is -2.06. The lowest BCUT2D eigenvalue weighted by atomic mass is 10.1. The van der Waals surface area contributed by atoms with Gasteiger partial charge in [-0.1, -0.05) is 6.92 Å². The van der Waals surface area contributed by atoms with Crippen LogP contribution in [0, 0.1) is 5.92 Å². The standard InChI is InChI=1S/C5H9NS/c1-5-2-3-7-6-4-5/h4-5H,2-3H2,1H3. The van der Waals surface area contributed by atoms with E-state index in [-0.39, 0.29) is 0 Å². The van der Waals surface area contributed by atoms with E-state index < -0.39 is 0 Å². The van der Waals surface area contributed by atoms with Crippen LogP contribution in [0.3, 0.4) is 0 Å². The topological polar surface area (TPSA) is 12.4 Å². The smallest absolute Gasteiger partial charge is 0.0159 e. The molecule has 40 valence electrons. The van der Waals surface area contributed by atoms with E-state index in [4.69, 9.17) is 0 Å². The van der Waals surface area contributed by atoms with Crippen molar-refractivity contribution in [2.45, 2.75) is 13.3 Å². The summed E-state index contributed by atoms with van der Waals surface area (Å²) in [6.07, 6.45) is 3.32. The van der Waals surface area contributed by atoms with E-state index in [1.807, 2.05) is 6.21 Å². The first kappa shape index (κ1) is 5.16. The van der Waals surface area contributed by atoms with E-state index >= 15 is 0 Å². The molecule has 1 aliphatic heterocycles. The minimum atomic E-state index is 0.723. The number of hydrogen-bond acceptors (Lipinski definition) is 2. The summed E-state index contributed by atoms with van der Waals surface area (Å²) < 4.78 is 4.05. The molecule has 1 unspecified atom stereocenters. The van der Waals surface area contributed by atoms with Crippen molar-refractivity contribution in [2.75, 3.05) is 5.75 Å².